The maximum absolute atomic E-state index is 12.9. The maximum Gasteiger partial charge on any atom is 0.407 e. The fourth-order valence-electron chi connectivity index (χ4n) is 5.35. The minimum Gasteiger partial charge on any atom is -0.481 e. The molecule has 2 N–H and O–H groups in total. The molecule has 1 atom stereocenters. The van der Waals surface area contributed by atoms with Crippen LogP contribution in [-0.4, -0.2) is 77.7 Å². The van der Waals surface area contributed by atoms with Gasteiger partial charge in [0.2, 0.25) is 5.91 Å². The van der Waals surface area contributed by atoms with Gasteiger partial charge >= 0.3 is 12.1 Å². The lowest BCUT2D eigenvalue weighted by atomic mass is 9.98. The first-order valence-electron chi connectivity index (χ1n) is 11.9. The second-order valence-electron chi connectivity index (χ2n) is 9.26. The molecule has 0 bridgehead atoms. The van der Waals surface area contributed by atoms with Gasteiger partial charge in [0, 0.05) is 25.0 Å². The number of ether oxygens (including phenoxy) is 1. The highest BCUT2D eigenvalue weighted by molar-refractivity contribution is 5.90. The quantitative estimate of drug-likeness (QED) is 0.655. The van der Waals surface area contributed by atoms with Crippen LogP contribution in [0.1, 0.15) is 36.3 Å². The molecule has 2 fully saturated rings. The normalized spacial score (nSPS) is 18.6. The molecule has 3 aliphatic rings. The fourth-order valence-corrected chi connectivity index (χ4v) is 5.35. The molecule has 0 saturated carbocycles. The summed E-state index contributed by atoms with van der Waals surface area (Å²) in [6, 6.07) is 15.2. The van der Waals surface area contributed by atoms with Crippen molar-refractivity contribution in [3.05, 3.63) is 59.7 Å². The van der Waals surface area contributed by atoms with Gasteiger partial charge in [-0.3, -0.25) is 14.5 Å². The van der Waals surface area contributed by atoms with E-state index in [9.17, 15) is 19.5 Å². The van der Waals surface area contributed by atoms with Gasteiger partial charge < -0.3 is 20.1 Å². The average molecular weight is 464 g/mol. The van der Waals surface area contributed by atoms with Gasteiger partial charge in [0.25, 0.3) is 0 Å². The standard InChI is InChI=1S/C26H29N3O5/c30-24(31)13-23(25(32)29-14-17(15-29)28-11-5-6-12-28)27-26(33)34-16-22-20-9-3-1-7-18(20)19-8-2-4-10-21(19)22/h1-4,7-10,17,22-23H,5-6,11-16H2,(H,27,33)(H,30,31). The Labute approximate surface area is 198 Å². The number of hydrogen-bond acceptors (Lipinski definition) is 5. The number of aliphatic carboxylic acids is 1. The lowest BCUT2D eigenvalue weighted by Gasteiger charge is -2.45. The Morgan fingerprint density at radius 3 is 2.15 bits per heavy atom. The number of carboxylic acids is 1. The highest BCUT2D eigenvalue weighted by Crippen LogP contribution is 2.44. The summed E-state index contributed by atoms with van der Waals surface area (Å²) in [6.07, 6.45) is 1.09. The molecule has 2 amide bonds. The number of alkyl carbamates (subject to hydrolysis) is 1. The van der Waals surface area contributed by atoms with Crippen LogP contribution in [0.4, 0.5) is 4.79 Å². The smallest absolute Gasteiger partial charge is 0.407 e. The number of nitrogens with zero attached hydrogens (tertiary/aromatic N) is 2. The van der Waals surface area contributed by atoms with Crippen molar-refractivity contribution in [2.75, 3.05) is 32.8 Å². The van der Waals surface area contributed by atoms with E-state index >= 15 is 0 Å². The third-order valence-electron chi connectivity index (χ3n) is 7.14. The molecule has 1 unspecified atom stereocenters. The summed E-state index contributed by atoms with van der Waals surface area (Å²) < 4.78 is 5.51. The van der Waals surface area contributed by atoms with Crippen LogP contribution in [-0.2, 0) is 14.3 Å². The number of fused-ring (bicyclic) bond motifs is 3. The molecule has 1 aliphatic carbocycles. The number of carboxylic acid groups (broad SMARTS) is 1. The zero-order chi connectivity index (χ0) is 23.7. The number of amides is 2. The van der Waals surface area contributed by atoms with Crippen molar-refractivity contribution in [3.8, 4) is 11.1 Å². The van der Waals surface area contributed by atoms with E-state index in [1.54, 1.807) is 4.90 Å². The summed E-state index contributed by atoms with van der Waals surface area (Å²) in [5, 5.41) is 11.8. The lowest BCUT2D eigenvalue weighted by Crippen LogP contribution is -2.64. The number of carbonyl (C=O) groups excluding carboxylic acids is 2. The van der Waals surface area contributed by atoms with Gasteiger partial charge in [0.1, 0.15) is 12.6 Å². The Morgan fingerprint density at radius 2 is 1.56 bits per heavy atom. The topological polar surface area (TPSA) is 99.2 Å². The molecule has 8 nitrogen and oxygen atoms in total. The predicted octanol–water partition coefficient (Wildman–Crippen LogP) is 2.68. The SMILES string of the molecule is O=C(O)CC(NC(=O)OCC1c2ccccc2-c2ccccc21)C(=O)N1CC(N2CCCC2)C1. The molecule has 0 spiro atoms. The molecule has 8 heteroatoms. The Morgan fingerprint density at radius 1 is 0.971 bits per heavy atom. The first-order valence-corrected chi connectivity index (χ1v) is 11.9. The van der Waals surface area contributed by atoms with Gasteiger partial charge in [-0.25, -0.2) is 4.79 Å². The van der Waals surface area contributed by atoms with Crippen LogP contribution in [0.5, 0.6) is 0 Å². The van der Waals surface area contributed by atoms with E-state index in [-0.39, 0.29) is 18.4 Å². The van der Waals surface area contributed by atoms with E-state index < -0.39 is 24.5 Å². The summed E-state index contributed by atoms with van der Waals surface area (Å²) in [6.45, 7) is 3.34. The summed E-state index contributed by atoms with van der Waals surface area (Å²) >= 11 is 0. The van der Waals surface area contributed by atoms with E-state index in [4.69, 9.17) is 4.74 Å². The summed E-state index contributed by atoms with van der Waals surface area (Å²) in [4.78, 5) is 40.9. The van der Waals surface area contributed by atoms with E-state index in [1.807, 2.05) is 36.4 Å². The molecule has 178 valence electrons. The zero-order valence-electron chi connectivity index (χ0n) is 19.0. The van der Waals surface area contributed by atoms with Crippen molar-refractivity contribution in [1.82, 2.24) is 15.1 Å². The Hall–Kier alpha value is -3.39. The van der Waals surface area contributed by atoms with Crippen LogP contribution in [0.25, 0.3) is 11.1 Å². The second-order valence-corrected chi connectivity index (χ2v) is 9.26. The molecule has 2 heterocycles. The molecule has 0 radical (unpaired) electrons. The van der Waals surface area contributed by atoms with E-state index in [2.05, 4.69) is 22.3 Å². The van der Waals surface area contributed by atoms with Crippen LogP contribution < -0.4 is 5.32 Å². The second kappa shape index (κ2) is 9.46. The highest BCUT2D eigenvalue weighted by Gasteiger charge is 2.39. The van der Waals surface area contributed by atoms with Crippen LogP contribution in [0.3, 0.4) is 0 Å². The van der Waals surface area contributed by atoms with Crippen molar-refractivity contribution in [3.63, 3.8) is 0 Å². The average Bonchev–Trinajstić information content (AvgIpc) is 3.43. The van der Waals surface area contributed by atoms with Gasteiger partial charge in [0.15, 0.2) is 0 Å². The molecule has 2 aromatic carbocycles. The van der Waals surface area contributed by atoms with E-state index in [1.165, 1.54) is 12.8 Å². The van der Waals surface area contributed by atoms with Gasteiger partial charge in [0.05, 0.1) is 6.42 Å². The highest BCUT2D eigenvalue weighted by atomic mass is 16.5. The number of benzene rings is 2. The summed E-state index contributed by atoms with van der Waals surface area (Å²) in [5.74, 6) is -1.62. The van der Waals surface area contributed by atoms with E-state index in [0.29, 0.717) is 19.1 Å². The Kier molecular flexibility index (Phi) is 6.24. The molecule has 5 rings (SSSR count). The first kappa shape index (κ1) is 22.4. The summed E-state index contributed by atoms with van der Waals surface area (Å²) in [5.41, 5.74) is 4.42. The zero-order valence-corrected chi connectivity index (χ0v) is 19.0. The molecule has 2 aliphatic heterocycles. The van der Waals surface area contributed by atoms with Crippen LogP contribution in [0.2, 0.25) is 0 Å². The molecule has 2 saturated heterocycles. The summed E-state index contributed by atoms with van der Waals surface area (Å²) in [7, 11) is 0. The molecule has 0 aromatic heterocycles. The van der Waals surface area contributed by atoms with Crippen molar-refractivity contribution in [1.29, 1.82) is 0 Å². The molecular formula is C26H29N3O5. The Balaban J connectivity index is 1.20. The third kappa shape index (κ3) is 4.37. The van der Waals surface area contributed by atoms with Gasteiger partial charge in [-0.05, 0) is 48.2 Å². The maximum atomic E-state index is 12.9. The largest absolute Gasteiger partial charge is 0.481 e. The fraction of sp³-hybridized carbons (Fsp3) is 0.423. The third-order valence-corrected chi connectivity index (χ3v) is 7.14. The van der Waals surface area contributed by atoms with E-state index in [0.717, 1.165) is 35.3 Å². The number of rotatable bonds is 7. The first-order chi connectivity index (χ1) is 16.5. The molecule has 2 aromatic rings. The van der Waals surface area contributed by atoms with Crippen molar-refractivity contribution in [2.45, 2.75) is 37.3 Å². The molecular weight excluding hydrogens is 434 g/mol. The van der Waals surface area contributed by atoms with Gasteiger partial charge in [-0.15, -0.1) is 0 Å². The monoisotopic (exact) mass is 463 g/mol. The number of likely N-dealkylation sites (tertiary alicyclic amines) is 2. The van der Waals surface area contributed by atoms with Crippen LogP contribution in [0.15, 0.2) is 48.5 Å². The predicted molar refractivity (Wildman–Crippen MR) is 125 cm³/mol. The number of hydrogen-bond donors (Lipinski definition) is 2. The van der Waals surface area contributed by atoms with Crippen LogP contribution >= 0.6 is 0 Å². The van der Waals surface area contributed by atoms with Crippen molar-refractivity contribution < 1.29 is 24.2 Å². The minimum atomic E-state index is -1.15. The van der Waals surface area contributed by atoms with Crippen LogP contribution in [0, 0.1) is 0 Å². The van der Waals surface area contributed by atoms with Gasteiger partial charge in [-0.2, -0.15) is 0 Å². The lowest BCUT2D eigenvalue weighted by molar-refractivity contribution is -0.146. The Bertz CT molecular complexity index is 1050. The van der Waals surface area contributed by atoms with Gasteiger partial charge in [-0.1, -0.05) is 48.5 Å². The number of carbonyl (C=O) groups is 3. The van der Waals surface area contributed by atoms with Crippen molar-refractivity contribution in [2.24, 2.45) is 0 Å². The molecule has 34 heavy (non-hydrogen) atoms. The van der Waals surface area contributed by atoms with Crippen molar-refractivity contribution >= 4 is 18.0 Å². The number of nitrogens with one attached hydrogen (secondary N) is 1. The minimum absolute atomic E-state index is 0.106.